The molecule has 0 amide bonds. The zero-order valence-electron chi connectivity index (χ0n) is 13.5. The van der Waals surface area contributed by atoms with Crippen molar-refractivity contribution in [3.8, 4) is 17.1 Å². The van der Waals surface area contributed by atoms with Crippen LogP contribution < -0.4 is 10.2 Å². The lowest BCUT2D eigenvalue weighted by Gasteiger charge is -2.09. The van der Waals surface area contributed by atoms with Crippen molar-refractivity contribution in [2.45, 2.75) is 12.6 Å². The Balaban J connectivity index is 1.93. The molecule has 0 spiro atoms. The molecule has 0 radical (unpaired) electrons. The number of benzene rings is 2. The van der Waals surface area contributed by atoms with Crippen molar-refractivity contribution >= 4 is 26.9 Å². The Morgan fingerprint density at radius 1 is 1.04 bits per heavy atom. The topological polar surface area (TPSA) is 39.4 Å². The average Bonchev–Trinajstić information content (AvgIpc) is 2.61. The predicted molar refractivity (Wildman–Crippen MR) is 96.8 cm³/mol. The van der Waals surface area contributed by atoms with Crippen molar-refractivity contribution in [3.05, 3.63) is 64.3 Å². The van der Waals surface area contributed by atoms with Crippen LogP contribution in [0.5, 0.6) is 5.75 Å². The maximum absolute atomic E-state index is 12.7. The van der Waals surface area contributed by atoms with Crippen LogP contribution in [-0.2, 0) is 6.18 Å². The number of halogens is 4. The standard InChI is InChI=1S/C19H14BrF3O3/c20-8-1-9-25-14-6-7-17-15(10-14)16(24)11-18(26-17)12-2-4-13(5-3-12)19(21,22)23/h2-7,10-11H,1,8-9H2. The molecule has 0 aliphatic rings. The molecule has 3 nitrogen and oxygen atoms in total. The van der Waals surface area contributed by atoms with E-state index in [1.54, 1.807) is 18.2 Å². The summed E-state index contributed by atoms with van der Waals surface area (Å²) in [5, 5.41) is 1.18. The molecule has 0 atom stereocenters. The minimum atomic E-state index is -4.41. The Labute approximate surface area is 155 Å². The highest BCUT2D eigenvalue weighted by atomic mass is 79.9. The molecule has 1 heterocycles. The van der Waals surface area contributed by atoms with Crippen LogP contribution in [0.1, 0.15) is 12.0 Å². The Hall–Kier alpha value is -2.28. The second-order valence-electron chi connectivity index (χ2n) is 5.60. The summed E-state index contributed by atoms with van der Waals surface area (Å²) in [5.41, 5.74) is -0.295. The van der Waals surface area contributed by atoms with Gasteiger partial charge in [0, 0.05) is 17.0 Å². The minimum absolute atomic E-state index is 0.212. The Bertz CT molecular complexity index is 962. The van der Waals surface area contributed by atoms with Gasteiger partial charge in [-0.3, -0.25) is 4.79 Å². The number of fused-ring (bicyclic) bond motifs is 1. The highest BCUT2D eigenvalue weighted by Crippen LogP contribution is 2.31. The Morgan fingerprint density at radius 3 is 2.42 bits per heavy atom. The van der Waals surface area contributed by atoms with Crippen molar-refractivity contribution in [3.63, 3.8) is 0 Å². The lowest BCUT2D eigenvalue weighted by atomic mass is 10.1. The van der Waals surface area contributed by atoms with Gasteiger partial charge in [-0.25, -0.2) is 0 Å². The van der Waals surface area contributed by atoms with E-state index in [1.165, 1.54) is 18.2 Å². The highest BCUT2D eigenvalue weighted by molar-refractivity contribution is 9.09. The van der Waals surface area contributed by atoms with Crippen LogP contribution in [0, 0.1) is 0 Å². The quantitative estimate of drug-likeness (QED) is 0.391. The first-order valence-corrected chi connectivity index (χ1v) is 8.95. The second-order valence-corrected chi connectivity index (χ2v) is 6.39. The van der Waals surface area contributed by atoms with E-state index in [9.17, 15) is 18.0 Å². The van der Waals surface area contributed by atoms with E-state index in [-0.39, 0.29) is 11.2 Å². The van der Waals surface area contributed by atoms with Crippen molar-refractivity contribution < 1.29 is 22.3 Å². The molecule has 0 aliphatic heterocycles. The predicted octanol–water partition coefficient (Wildman–Crippen LogP) is 5.64. The van der Waals surface area contributed by atoms with Crippen LogP contribution in [0.2, 0.25) is 0 Å². The molecule has 26 heavy (non-hydrogen) atoms. The summed E-state index contributed by atoms with van der Waals surface area (Å²) in [7, 11) is 0. The van der Waals surface area contributed by atoms with E-state index >= 15 is 0 Å². The van der Waals surface area contributed by atoms with Crippen molar-refractivity contribution in [2.24, 2.45) is 0 Å². The summed E-state index contributed by atoms with van der Waals surface area (Å²) in [6.07, 6.45) is -3.58. The van der Waals surface area contributed by atoms with Gasteiger partial charge in [-0.1, -0.05) is 28.1 Å². The maximum atomic E-state index is 12.7. The zero-order valence-corrected chi connectivity index (χ0v) is 15.1. The van der Waals surface area contributed by atoms with Gasteiger partial charge < -0.3 is 9.15 Å². The van der Waals surface area contributed by atoms with Gasteiger partial charge in [0.2, 0.25) is 0 Å². The highest BCUT2D eigenvalue weighted by Gasteiger charge is 2.30. The number of ether oxygens (including phenoxy) is 1. The van der Waals surface area contributed by atoms with Crippen LogP contribution in [-0.4, -0.2) is 11.9 Å². The summed E-state index contributed by atoms with van der Waals surface area (Å²) in [6.45, 7) is 0.520. The third-order valence-electron chi connectivity index (χ3n) is 3.74. The molecular weight excluding hydrogens is 413 g/mol. The first kappa shape index (κ1) is 18.5. The number of hydrogen-bond acceptors (Lipinski definition) is 3. The molecule has 3 rings (SSSR count). The number of rotatable bonds is 5. The first-order chi connectivity index (χ1) is 12.4. The fourth-order valence-electron chi connectivity index (χ4n) is 2.44. The van der Waals surface area contributed by atoms with Gasteiger partial charge in [-0.2, -0.15) is 13.2 Å². The third-order valence-corrected chi connectivity index (χ3v) is 4.30. The van der Waals surface area contributed by atoms with E-state index in [0.717, 1.165) is 23.9 Å². The molecule has 7 heteroatoms. The van der Waals surface area contributed by atoms with E-state index in [4.69, 9.17) is 9.15 Å². The Kier molecular flexibility index (Phi) is 5.36. The normalized spacial score (nSPS) is 11.7. The fourth-order valence-corrected chi connectivity index (χ4v) is 2.66. The summed E-state index contributed by atoms with van der Waals surface area (Å²) < 4.78 is 49.2. The molecule has 0 aliphatic carbocycles. The van der Waals surface area contributed by atoms with E-state index < -0.39 is 11.7 Å². The second kappa shape index (κ2) is 7.53. The van der Waals surface area contributed by atoms with Gasteiger partial charge in [0.15, 0.2) is 5.43 Å². The van der Waals surface area contributed by atoms with Gasteiger partial charge in [0.1, 0.15) is 17.1 Å². The molecule has 0 N–H and O–H groups in total. The minimum Gasteiger partial charge on any atom is -0.494 e. The van der Waals surface area contributed by atoms with Crippen LogP contribution in [0.25, 0.3) is 22.3 Å². The third kappa shape index (κ3) is 4.09. The molecule has 0 saturated heterocycles. The van der Waals surface area contributed by atoms with E-state index in [2.05, 4.69) is 15.9 Å². The molecule has 0 bridgehead atoms. The first-order valence-electron chi connectivity index (χ1n) is 7.83. The molecular formula is C19H14BrF3O3. The van der Waals surface area contributed by atoms with E-state index in [0.29, 0.717) is 28.9 Å². The van der Waals surface area contributed by atoms with Crippen molar-refractivity contribution in [1.82, 2.24) is 0 Å². The van der Waals surface area contributed by atoms with Crippen LogP contribution in [0.3, 0.4) is 0 Å². The maximum Gasteiger partial charge on any atom is 0.416 e. The molecule has 0 unspecified atom stereocenters. The summed E-state index contributed by atoms with van der Waals surface area (Å²) >= 11 is 3.31. The monoisotopic (exact) mass is 426 g/mol. The van der Waals surface area contributed by atoms with Gasteiger partial charge in [0.25, 0.3) is 0 Å². The molecule has 136 valence electrons. The lowest BCUT2D eigenvalue weighted by Crippen LogP contribution is -2.04. The number of hydrogen-bond donors (Lipinski definition) is 0. The Morgan fingerprint density at radius 2 is 1.77 bits per heavy atom. The molecule has 2 aromatic carbocycles. The summed E-state index contributed by atoms with van der Waals surface area (Å²) in [5.74, 6) is 0.775. The largest absolute Gasteiger partial charge is 0.494 e. The van der Waals surface area contributed by atoms with Crippen molar-refractivity contribution in [2.75, 3.05) is 11.9 Å². The van der Waals surface area contributed by atoms with E-state index in [1.807, 2.05) is 0 Å². The fraction of sp³-hybridized carbons (Fsp3) is 0.211. The SMILES string of the molecule is O=c1cc(-c2ccc(C(F)(F)F)cc2)oc2ccc(OCCCBr)cc12. The number of alkyl halides is 4. The summed E-state index contributed by atoms with van der Waals surface area (Å²) in [4.78, 5) is 12.4. The lowest BCUT2D eigenvalue weighted by molar-refractivity contribution is -0.137. The van der Waals surface area contributed by atoms with Gasteiger partial charge in [-0.15, -0.1) is 0 Å². The van der Waals surface area contributed by atoms with Crippen LogP contribution >= 0.6 is 15.9 Å². The van der Waals surface area contributed by atoms with Gasteiger partial charge in [0.05, 0.1) is 17.6 Å². The smallest absolute Gasteiger partial charge is 0.416 e. The molecule has 1 aromatic heterocycles. The molecule has 0 saturated carbocycles. The average molecular weight is 427 g/mol. The van der Waals surface area contributed by atoms with Gasteiger partial charge >= 0.3 is 6.18 Å². The van der Waals surface area contributed by atoms with Crippen molar-refractivity contribution in [1.29, 1.82) is 0 Å². The van der Waals surface area contributed by atoms with Crippen LogP contribution in [0.4, 0.5) is 13.2 Å². The summed E-state index contributed by atoms with van der Waals surface area (Å²) in [6, 6.07) is 10.7. The molecule has 0 fully saturated rings. The van der Waals surface area contributed by atoms with Gasteiger partial charge in [-0.05, 0) is 36.8 Å². The van der Waals surface area contributed by atoms with Crippen LogP contribution in [0.15, 0.2) is 57.7 Å². The molecule has 3 aromatic rings. The zero-order chi connectivity index (χ0) is 18.7.